The van der Waals surface area contributed by atoms with Gasteiger partial charge >= 0.3 is 0 Å². The second kappa shape index (κ2) is 5.71. The second-order valence-corrected chi connectivity index (χ2v) is 7.54. The SMILES string of the molecule is CN1CCC(CN(C)CC2C3CCC(C3)C2N)CC1. The van der Waals surface area contributed by atoms with Crippen molar-refractivity contribution in [2.75, 3.05) is 40.3 Å². The Balaban J connectivity index is 1.45. The number of fused-ring (bicyclic) bond motifs is 2. The maximum absolute atomic E-state index is 6.43. The van der Waals surface area contributed by atoms with E-state index in [-0.39, 0.29) is 0 Å². The molecule has 3 aliphatic rings. The molecule has 0 aromatic rings. The lowest BCUT2D eigenvalue weighted by Gasteiger charge is -2.35. The van der Waals surface area contributed by atoms with E-state index in [9.17, 15) is 0 Å². The van der Waals surface area contributed by atoms with Gasteiger partial charge < -0.3 is 15.5 Å². The van der Waals surface area contributed by atoms with Gasteiger partial charge in [-0.15, -0.1) is 0 Å². The van der Waals surface area contributed by atoms with E-state index in [1.807, 2.05) is 0 Å². The van der Waals surface area contributed by atoms with Crippen LogP contribution in [0.5, 0.6) is 0 Å². The van der Waals surface area contributed by atoms with Crippen LogP contribution in [0.4, 0.5) is 0 Å². The fourth-order valence-corrected chi connectivity index (χ4v) is 4.85. The van der Waals surface area contributed by atoms with Crippen LogP contribution in [0.2, 0.25) is 0 Å². The van der Waals surface area contributed by atoms with Gasteiger partial charge in [-0.2, -0.15) is 0 Å². The molecule has 3 fully saturated rings. The summed E-state index contributed by atoms with van der Waals surface area (Å²) in [5.74, 6) is 3.50. The van der Waals surface area contributed by atoms with Gasteiger partial charge in [-0.1, -0.05) is 0 Å². The number of nitrogens with zero attached hydrogens (tertiary/aromatic N) is 2. The summed E-state index contributed by atoms with van der Waals surface area (Å²) < 4.78 is 0. The van der Waals surface area contributed by atoms with E-state index in [0.29, 0.717) is 6.04 Å². The third-order valence-electron chi connectivity index (χ3n) is 6.09. The second-order valence-electron chi connectivity index (χ2n) is 7.54. The molecule has 2 saturated carbocycles. The molecule has 1 heterocycles. The van der Waals surface area contributed by atoms with E-state index < -0.39 is 0 Å². The van der Waals surface area contributed by atoms with Crippen LogP contribution >= 0.6 is 0 Å². The lowest BCUT2D eigenvalue weighted by Crippen LogP contribution is -2.43. The minimum atomic E-state index is 0.499. The molecule has 0 aromatic carbocycles. The van der Waals surface area contributed by atoms with Crippen LogP contribution < -0.4 is 5.73 Å². The lowest BCUT2D eigenvalue weighted by atomic mass is 9.84. The van der Waals surface area contributed by atoms with Crippen LogP contribution in [0, 0.1) is 23.7 Å². The molecule has 4 unspecified atom stereocenters. The molecule has 3 heteroatoms. The zero-order chi connectivity index (χ0) is 13.4. The van der Waals surface area contributed by atoms with Crippen LogP contribution in [-0.2, 0) is 0 Å². The van der Waals surface area contributed by atoms with E-state index >= 15 is 0 Å². The van der Waals surface area contributed by atoms with E-state index in [0.717, 1.165) is 23.7 Å². The van der Waals surface area contributed by atoms with Gasteiger partial charge in [-0.25, -0.2) is 0 Å². The minimum Gasteiger partial charge on any atom is -0.327 e. The van der Waals surface area contributed by atoms with E-state index in [2.05, 4.69) is 23.9 Å². The maximum atomic E-state index is 6.43. The Hall–Kier alpha value is -0.120. The van der Waals surface area contributed by atoms with Crippen LogP contribution in [0.25, 0.3) is 0 Å². The molecule has 2 aliphatic carbocycles. The molecule has 0 amide bonds. The highest BCUT2D eigenvalue weighted by atomic mass is 15.1. The largest absolute Gasteiger partial charge is 0.327 e. The number of rotatable bonds is 4. The third-order valence-corrected chi connectivity index (χ3v) is 6.09. The first-order valence-corrected chi connectivity index (χ1v) is 8.26. The van der Waals surface area contributed by atoms with Gasteiger partial charge in [0.2, 0.25) is 0 Å². The molecule has 0 spiro atoms. The Morgan fingerprint density at radius 3 is 2.37 bits per heavy atom. The van der Waals surface area contributed by atoms with Crippen molar-refractivity contribution in [1.82, 2.24) is 9.80 Å². The molecule has 2 bridgehead atoms. The first kappa shape index (κ1) is 13.8. The van der Waals surface area contributed by atoms with Crippen molar-refractivity contribution in [3.63, 3.8) is 0 Å². The average Bonchev–Trinajstić information content (AvgIpc) is 2.96. The highest BCUT2D eigenvalue weighted by Gasteiger charge is 2.45. The molecule has 0 radical (unpaired) electrons. The molecule has 110 valence electrons. The maximum Gasteiger partial charge on any atom is 0.0111 e. The van der Waals surface area contributed by atoms with Gasteiger partial charge in [0, 0.05) is 19.1 Å². The molecule has 1 saturated heterocycles. The fourth-order valence-electron chi connectivity index (χ4n) is 4.85. The van der Waals surface area contributed by atoms with Crippen molar-refractivity contribution in [3.8, 4) is 0 Å². The van der Waals surface area contributed by atoms with Crippen LogP contribution in [-0.4, -0.2) is 56.1 Å². The summed E-state index contributed by atoms with van der Waals surface area (Å²) in [6.45, 7) is 5.10. The summed E-state index contributed by atoms with van der Waals surface area (Å²) >= 11 is 0. The van der Waals surface area contributed by atoms with E-state index in [1.54, 1.807) is 0 Å². The smallest absolute Gasteiger partial charge is 0.0111 e. The van der Waals surface area contributed by atoms with Gasteiger partial charge in [0.05, 0.1) is 0 Å². The number of piperidine rings is 1. The normalized spacial score (nSPS) is 40.4. The first-order valence-electron chi connectivity index (χ1n) is 8.26. The van der Waals surface area contributed by atoms with Crippen molar-refractivity contribution in [2.24, 2.45) is 29.4 Å². The minimum absolute atomic E-state index is 0.499. The molecule has 3 rings (SSSR count). The average molecular weight is 265 g/mol. The van der Waals surface area contributed by atoms with Gasteiger partial charge in [-0.05, 0) is 83.0 Å². The number of hydrogen-bond acceptors (Lipinski definition) is 3. The molecule has 1 aliphatic heterocycles. The quantitative estimate of drug-likeness (QED) is 0.838. The van der Waals surface area contributed by atoms with E-state index in [1.165, 1.54) is 58.3 Å². The topological polar surface area (TPSA) is 32.5 Å². The van der Waals surface area contributed by atoms with Gasteiger partial charge in [0.25, 0.3) is 0 Å². The van der Waals surface area contributed by atoms with Crippen molar-refractivity contribution >= 4 is 0 Å². The van der Waals surface area contributed by atoms with Crippen molar-refractivity contribution in [3.05, 3.63) is 0 Å². The van der Waals surface area contributed by atoms with Crippen LogP contribution in [0.15, 0.2) is 0 Å². The third kappa shape index (κ3) is 2.98. The monoisotopic (exact) mass is 265 g/mol. The molecule has 0 aromatic heterocycles. The van der Waals surface area contributed by atoms with Crippen molar-refractivity contribution in [1.29, 1.82) is 0 Å². The van der Waals surface area contributed by atoms with Gasteiger partial charge in [0.15, 0.2) is 0 Å². The van der Waals surface area contributed by atoms with Crippen molar-refractivity contribution in [2.45, 2.75) is 38.1 Å². The standard InChI is InChI=1S/C16H31N3/c1-18-7-5-12(6-8-18)10-19(2)11-15-13-3-4-14(9-13)16(15)17/h12-16H,3-11,17H2,1-2H3. The number of likely N-dealkylation sites (tertiary alicyclic amines) is 1. The molecule has 2 N–H and O–H groups in total. The summed E-state index contributed by atoms with van der Waals surface area (Å²) in [5.41, 5.74) is 6.43. The Kier molecular flexibility index (Phi) is 4.16. The Labute approximate surface area is 118 Å². The molecule has 4 atom stereocenters. The molecular formula is C16H31N3. The predicted octanol–water partition coefficient (Wildman–Crippen LogP) is 1.63. The summed E-state index contributed by atoms with van der Waals surface area (Å²) in [7, 11) is 4.56. The lowest BCUT2D eigenvalue weighted by molar-refractivity contribution is 0.145. The summed E-state index contributed by atoms with van der Waals surface area (Å²) in [4.78, 5) is 5.05. The van der Waals surface area contributed by atoms with Crippen LogP contribution in [0.3, 0.4) is 0 Å². The van der Waals surface area contributed by atoms with Gasteiger partial charge in [-0.3, -0.25) is 0 Å². The summed E-state index contributed by atoms with van der Waals surface area (Å²) in [6.07, 6.45) is 7.03. The Bertz CT molecular complexity index is 296. The highest BCUT2D eigenvalue weighted by molar-refractivity contribution is 4.99. The zero-order valence-electron chi connectivity index (χ0n) is 12.7. The Morgan fingerprint density at radius 2 is 1.74 bits per heavy atom. The molecule has 19 heavy (non-hydrogen) atoms. The first-order chi connectivity index (χ1) is 9.13. The van der Waals surface area contributed by atoms with Crippen LogP contribution in [0.1, 0.15) is 32.1 Å². The number of hydrogen-bond donors (Lipinski definition) is 1. The zero-order valence-corrected chi connectivity index (χ0v) is 12.7. The van der Waals surface area contributed by atoms with Crippen molar-refractivity contribution < 1.29 is 0 Å². The number of nitrogens with two attached hydrogens (primary N) is 1. The van der Waals surface area contributed by atoms with E-state index in [4.69, 9.17) is 5.73 Å². The Morgan fingerprint density at radius 1 is 1.05 bits per heavy atom. The van der Waals surface area contributed by atoms with Gasteiger partial charge in [0.1, 0.15) is 0 Å². The summed E-state index contributed by atoms with van der Waals surface area (Å²) in [6, 6.07) is 0.499. The predicted molar refractivity (Wildman–Crippen MR) is 80.0 cm³/mol. The highest BCUT2D eigenvalue weighted by Crippen LogP contribution is 2.47. The molecule has 3 nitrogen and oxygen atoms in total. The fraction of sp³-hybridized carbons (Fsp3) is 1.00. The molecular weight excluding hydrogens is 234 g/mol. The summed E-state index contributed by atoms with van der Waals surface area (Å²) in [5, 5.41) is 0.